The first-order chi connectivity index (χ1) is 12.1. The molecule has 26 heavy (non-hydrogen) atoms. The zero-order chi connectivity index (χ0) is 17.7. The number of para-hydroxylation sites is 1. The number of methoxy groups -OCH3 is 1. The van der Waals surface area contributed by atoms with Gasteiger partial charge in [0.25, 0.3) is 0 Å². The molecule has 0 spiro atoms. The number of rotatable bonds is 6. The predicted molar refractivity (Wildman–Crippen MR) is 106 cm³/mol. The molecule has 3 N–H and O–H groups in total. The second kappa shape index (κ2) is 9.60. The maximum Gasteiger partial charge on any atom is 0.238 e. The van der Waals surface area contributed by atoms with Gasteiger partial charge in [-0.3, -0.25) is 9.59 Å². The highest BCUT2D eigenvalue weighted by Gasteiger charge is 2.34. The van der Waals surface area contributed by atoms with E-state index in [0.717, 1.165) is 36.5 Å². The molecule has 0 bridgehead atoms. The summed E-state index contributed by atoms with van der Waals surface area (Å²) in [6.07, 6.45) is 2.15. The molecule has 8 heteroatoms. The first-order valence-corrected chi connectivity index (χ1v) is 9.53. The van der Waals surface area contributed by atoms with E-state index < -0.39 is 0 Å². The normalized spacial score (nSPS) is 21.1. The smallest absolute Gasteiger partial charge is 0.238 e. The highest BCUT2D eigenvalue weighted by Crippen LogP contribution is 2.36. The lowest BCUT2D eigenvalue weighted by atomic mass is 9.79. The van der Waals surface area contributed by atoms with Gasteiger partial charge in [0.05, 0.1) is 17.5 Å². The summed E-state index contributed by atoms with van der Waals surface area (Å²) in [4.78, 5) is 25.6. The molecule has 0 aliphatic carbocycles. The van der Waals surface area contributed by atoms with Crippen molar-refractivity contribution in [1.29, 1.82) is 0 Å². The van der Waals surface area contributed by atoms with Crippen LogP contribution in [0.1, 0.15) is 19.3 Å². The second-order valence-electron chi connectivity index (χ2n) is 6.76. The SMILES string of the molecule is COCC1(CNC(=O)CC2Sc3ccccc3NC2=O)CCNCC1.Cl. The fraction of sp³-hybridized carbons (Fsp3) is 0.556. The largest absolute Gasteiger partial charge is 0.384 e. The monoisotopic (exact) mass is 399 g/mol. The van der Waals surface area contributed by atoms with Crippen molar-refractivity contribution in [2.45, 2.75) is 29.4 Å². The first kappa shape index (κ1) is 21.0. The number of ether oxygens (including phenoxy) is 1. The highest BCUT2D eigenvalue weighted by atomic mass is 35.5. The Kier molecular flexibility index (Phi) is 7.76. The van der Waals surface area contributed by atoms with Crippen LogP contribution in [-0.4, -0.2) is 50.4 Å². The summed E-state index contributed by atoms with van der Waals surface area (Å²) in [7, 11) is 1.70. The van der Waals surface area contributed by atoms with Crippen LogP contribution in [0.3, 0.4) is 0 Å². The molecule has 2 aliphatic rings. The van der Waals surface area contributed by atoms with Crippen molar-refractivity contribution in [3.8, 4) is 0 Å². The average Bonchev–Trinajstić information content (AvgIpc) is 2.62. The maximum atomic E-state index is 12.4. The minimum absolute atomic E-state index is 0. The van der Waals surface area contributed by atoms with Gasteiger partial charge in [-0.1, -0.05) is 12.1 Å². The minimum Gasteiger partial charge on any atom is -0.384 e. The van der Waals surface area contributed by atoms with E-state index in [-0.39, 0.29) is 41.3 Å². The number of anilines is 1. The van der Waals surface area contributed by atoms with E-state index in [4.69, 9.17) is 4.74 Å². The van der Waals surface area contributed by atoms with Crippen molar-refractivity contribution < 1.29 is 14.3 Å². The number of hydrogen-bond acceptors (Lipinski definition) is 5. The number of benzene rings is 1. The molecule has 1 aromatic rings. The summed E-state index contributed by atoms with van der Waals surface area (Å²) >= 11 is 1.46. The Hall–Kier alpha value is -1.28. The Morgan fingerprint density at radius 2 is 2.08 bits per heavy atom. The van der Waals surface area contributed by atoms with Crippen molar-refractivity contribution in [1.82, 2.24) is 10.6 Å². The number of halogens is 1. The van der Waals surface area contributed by atoms with E-state index >= 15 is 0 Å². The summed E-state index contributed by atoms with van der Waals surface area (Å²) in [5.74, 6) is -0.187. The van der Waals surface area contributed by atoms with Crippen molar-refractivity contribution in [2.75, 3.05) is 38.7 Å². The van der Waals surface area contributed by atoms with Gasteiger partial charge in [0.15, 0.2) is 0 Å². The standard InChI is InChI=1S/C18H25N3O3S.ClH/c1-24-12-18(6-8-19-9-7-18)11-20-16(22)10-15-17(23)21-13-4-2-3-5-14(13)25-15;/h2-5,15,19H,6-12H2,1H3,(H,20,22)(H,21,23);1H. The van der Waals surface area contributed by atoms with Crippen molar-refractivity contribution in [3.05, 3.63) is 24.3 Å². The molecule has 6 nitrogen and oxygen atoms in total. The van der Waals surface area contributed by atoms with Gasteiger partial charge in [0, 0.05) is 30.4 Å². The van der Waals surface area contributed by atoms with Gasteiger partial charge in [0.1, 0.15) is 0 Å². The quantitative estimate of drug-likeness (QED) is 0.682. The average molecular weight is 400 g/mol. The van der Waals surface area contributed by atoms with Gasteiger partial charge < -0.3 is 20.7 Å². The summed E-state index contributed by atoms with van der Waals surface area (Å²) < 4.78 is 5.38. The predicted octanol–water partition coefficient (Wildman–Crippen LogP) is 2.04. The van der Waals surface area contributed by atoms with Gasteiger partial charge in [-0.05, 0) is 38.1 Å². The zero-order valence-corrected chi connectivity index (χ0v) is 16.5. The number of hydrogen-bond donors (Lipinski definition) is 3. The molecular weight excluding hydrogens is 374 g/mol. The van der Waals surface area contributed by atoms with E-state index in [1.54, 1.807) is 7.11 Å². The van der Waals surface area contributed by atoms with Crippen LogP contribution in [0.25, 0.3) is 0 Å². The molecular formula is C18H26ClN3O3S. The molecule has 0 saturated carbocycles. The Balaban J connectivity index is 0.00000243. The van der Waals surface area contributed by atoms with Gasteiger partial charge in [-0.25, -0.2) is 0 Å². The molecule has 144 valence electrons. The second-order valence-corrected chi connectivity index (χ2v) is 8.00. The molecule has 2 aliphatic heterocycles. The third kappa shape index (κ3) is 5.13. The number of piperidine rings is 1. The van der Waals surface area contributed by atoms with Gasteiger partial charge in [0.2, 0.25) is 11.8 Å². The van der Waals surface area contributed by atoms with Gasteiger partial charge >= 0.3 is 0 Å². The molecule has 0 aromatic heterocycles. The van der Waals surface area contributed by atoms with Crippen LogP contribution in [0.15, 0.2) is 29.2 Å². The number of carbonyl (C=O) groups is 2. The van der Waals surface area contributed by atoms with E-state index in [0.29, 0.717) is 13.2 Å². The Bertz CT molecular complexity index is 632. The molecule has 1 atom stereocenters. The molecule has 1 saturated heterocycles. The number of thioether (sulfide) groups is 1. The van der Waals surface area contributed by atoms with E-state index in [1.807, 2.05) is 24.3 Å². The van der Waals surface area contributed by atoms with E-state index in [2.05, 4.69) is 16.0 Å². The first-order valence-electron chi connectivity index (χ1n) is 8.65. The lowest BCUT2D eigenvalue weighted by molar-refractivity contribution is -0.124. The summed E-state index contributed by atoms with van der Waals surface area (Å²) in [6.45, 7) is 3.12. The van der Waals surface area contributed by atoms with Crippen LogP contribution < -0.4 is 16.0 Å². The number of fused-ring (bicyclic) bond motifs is 1. The van der Waals surface area contributed by atoms with Gasteiger partial charge in [-0.15, -0.1) is 24.2 Å². The maximum absolute atomic E-state index is 12.4. The third-order valence-corrected chi connectivity index (χ3v) is 6.13. The van der Waals surface area contributed by atoms with Crippen molar-refractivity contribution >= 4 is 41.7 Å². The van der Waals surface area contributed by atoms with Crippen molar-refractivity contribution in [3.63, 3.8) is 0 Å². The molecule has 2 heterocycles. The molecule has 1 aromatic carbocycles. The third-order valence-electron chi connectivity index (χ3n) is 4.85. The van der Waals surface area contributed by atoms with Crippen molar-refractivity contribution in [2.24, 2.45) is 5.41 Å². The Morgan fingerprint density at radius 3 is 2.81 bits per heavy atom. The van der Waals surface area contributed by atoms with Crippen LogP contribution in [0.4, 0.5) is 5.69 Å². The molecule has 3 rings (SSSR count). The minimum atomic E-state index is -0.388. The lowest BCUT2D eigenvalue weighted by Gasteiger charge is -2.37. The lowest BCUT2D eigenvalue weighted by Crippen LogP contribution is -2.47. The van der Waals surface area contributed by atoms with Crippen LogP contribution >= 0.6 is 24.2 Å². The Labute approximate surface area is 164 Å². The van der Waals surface area contributed by atoms with Crippen LogP contribution in [0, 0.1) is 5.41 Å². The number of carbonyl (C=O) groups excluding carboxylic acids is 2. The summed E-state index contributed by atoms with van der Waals surface area (Å²) in [5, 5.41) is 8.86. The zero-order valence-electron chi connectivity index (χ0n) is 14.9. The Morgan fingerprint density at radius 1 is 1.35 bits per heavy atom. The summed E-state index contributed by atoms with van der Waals surface area (Å²) in [5.41, 5.74) is 0.812. The molecule has 1 unspecified atom stereocenters. The van der Waals surface area contributed by atoms with E-state index in [9.17, 15) is 9.59 Å². The fourth-order valence-electron chi connectivity index (χ4n) is 3.39. The summed E-state index contributed by atoms with van der Waals surface area (Å²) in [6, 6.07) is 7.67. The molecule has 1 fully saturated rings. The topological polar surface area (TPSA) is 79.5 Å². The fourth-order valence-corrected chi connectivity index (χ4v) is 4.50. The molecule has 0 radical (unpaired) electrons. The van der Waals surface area contributed by atoms with E-state index in [1.165, 1.54) is 11.8 Å². The van der Waals surface area contributed by atoms with Crippen LogP contribution in [0.2, 0.25) is 0 Å². The number of nitrogens with one attached hydrogen (secondary N) is 3. The highest BCUT2D eigenvalue weighted by molar-refractivity contribution is 8.01. The molecule has 2 amide bonds. The van der Waals surface area contributed by atoms with Crippen LogP contribution in [0.5, 0.6) is 0 Å². The van der Waals surface area contributed by atoms with Gasteiger partial charge in [-0.2, -0.15) is 0 Å². The number of amides is 2. The van der Waals surface area contributed by atoms with Crippen LogP contribution in [-0.2, 0) is 14.3 Å².